The van der Waals surface area contributed by atoms with Crippen LogP contribution in [0.5, 0.6) is 0 Å². The highest BCUT2D eigenvalue weighted by Crippen LogP contribution is 2.38. The lowest BCUT2D eigenvalue weighted by Gasteiger charge is -2.14. The number of nitrogens with zero attached hydrogens (tertiary/aromatic N) is 2. The number of fused-ring (bicyclic) bond motifs is 1. The number of sulfonamides is 1. The number of hydrogen-bond donors (Lipinski definition) is 1. The van der Waals surface area contributed by atoms with Crippen molar-refractivity contribution in [2.24, 2.45) is 11.8 Å². The summed E-state index contributed by atoms with van der Waals surface area (Å²) >= 11 is 1.22. The minimum atomic E-state index is -4.06. The molecule has 0 radical (unpaired) electrons. The van der Waals surface area contributed by atoms with Gasteiger partial charge in [0, 0.05) is 29.3 Å². The molecule has 2 aliphatic rings. The maximum absolute atomic E-state index is 13.2. The fraction of sp³-hybridized carbons (Fsp3) is 0.462. The first-order chi connectivity index (χ1) is 16.8. The highest BCUT2D eigenvalue weighted by atomic mass is 32.2. The van der Waals surface area contributed by atoms with Crippen molar-refractivity contribution >= 4 is 27.5 Å². The molecule has 1 N–H and O–H groups in total. The maximum Gasteiger partial charge on any atom is 0.421 e. The number of benzene rings is 1. The van der Waals surface area contributed by atoms with Gasteiger partial charge in [-0.15, -0.1) is 11.3 Å². The van der Waals surface area contributed by atoms with Gasteiger partial charge in [0.2, 0.25) is 0 Å². The quantitative estimate of drug-likeness (QED) is 0.405. The molecule has 1 aliphatic heterocycles. The van der Waals surface area contributed by atoms with E-state index in [1.54, 1.807) is 0 Å². The number of thiophene rings is 1. The van der Waals surface area contributed by atoms with Crippen LogP contribution in [0.4, 0.5) is 4.79 Å². The van der Waals surface area contributed by atoms with Crippen molar-refractivity contribution in [3.8, 4) is 11.1 Å². The lowest BCUT2D eigenvalue weighted by Crippen LogP contribution is -2.31. The molecule has 1 fully saturated rings. The standard InChI is InChI=1S/C26H31N3O4S2/c1-17(2)15-21-16-22(25(34-21)35(31,32)28-26(30)33-14-11-18-3-4-18)19-5-7-20(8-6-19)23-9-10-24-27-12-13-29(23)24/h5-8,12-13,16-18,23H,3-4,9-11,14-15H2,1-2H3,(H,28,30)/t23-/m1/s1. The zero-order valence-electron chi connectivity index (χ0n) is 20.1. The second-order valence-corrected chi connectivity index (χ2v) is 12.9. The second kappa shape index (κ2) is 9.78. The largest absolute Gasteiger partial charge is 0.449 e. The summed E-state index contributed by atoms with van der Waals surface area (Å²) < 4.78 is 36.0. The third-order valence-corrected chi connectivity index (χ3v) is 9.61. The van der Waals surface area contributed by atoms with Crippen LogP contribution in [0.3, 0.4) is 0 Å². The van der Waals surface area contributed by atoms with E-state index in [2.05, 4.69) is 40.3 Å². The Kier molecular flexibility index (Phi) is 6.72. The number of aromatic nitrogens is 2. The van der Waals surface area contributed by atoms with Crippen LogP contribution in [0.1, 0.15) is 61.8 Å². The van der Waals surface area contributed by atoms with Gasteiger partial charge in [-0.1, -0.05) is 51.0 Å². The van der Waals surface area contributed by atoms with Crippen molar-refractivity contribution in [1.29, 1.82) is 0 Å². The minimum absolute atomic E-state index is 0.151. The Hall–Kier alpha value is -2.65. The SMILES string of the molecule is CC(C)Cc1cc(-c2ccc([C@H]3CCc4nccn43)cc2)c(S(=O)(=O)NC(=O)OCCC2CC2)s1. The highest BCUT2D eigenvalue weighted by Gasteiger charge is 2.28. The summed E-state index contributed by atoms with van der Waals surface area (Å²) in [5.74, 6) is 2.08. The summed E-state index contributed by atoms with van der Waals surface area (Å²) in [6.45, 7) is 4.44. The number of aryl methyl sites for hydroxylation is 1. The van der Waals surface area contributed by atoms with E-state index in [0.717, 1.165) is 54.8 Å². The number of ether oxygens (including phenoxy) is 1. The van der Waals surface area contributed by atoms with Gasteiger partial charge in [0.05, 0.1) is 12.6 Å². The van der Waals surface area contributed by atoms with Crippen molar-refractivity contribution in [3.05, 3.63) is 59.0 Å². The second-order valence-electron chi connectivity index (χ2n) is 9.91. The zero-order valence-corrected chi connectivity index (χ0v) is 21.7. The van der Waals surface area contributed by atoms with E-state index >= 15 is 0 Å². The smallest absolute Gasteiger partial charge is 0.421 e. The van der Waals surface area contributed by atoms with Crippen molar-refractivity contribution in [3.63, 3.8) is 0 Å². The van der Waals surface area contributed by atoms with Crippen LogP contribution >= 0.6 is 11.3 Å². The molecule has 9 heteroatoms. The summed E-state index contributed by atoms with van der Waals surface area (Å²) in [6, 6.07) is 10.2. The maximum atomic E-state index is 13.2. The molecule has 35 heavy (non-hydrogen) atoms. The van der Waals surface area contributed by atoms with Crippen molar-refractivity contribution in [2.75, 3.05) is 6.61 Å². The Labute approximate surface area is 210 Å². The van der Waals surface area contributed by atoms with E-state index in [1.807, 2.05) is 30.6 Å². The molecule has 0 saturated heterocycles. The molecule has 3 heterocycles. The molecule has 3 aromatic rings. The number of amides is 1. The van der Waals surface area contributed by atoms with E-state index in [9.17, 15) is 13.2 Å². The molecule has 0 bridgehead atoms. The van der Waals surface area contributed by atoms with E-state index in [-0.39, 0.29) is 16.9 Å². The third-order valence-electron chi connectivity index (χ3n) is 6.61. The fourth-order valence-corrected chi connectivity index (χ4v) is 7.52. The summed E-state index contributed by atoms with van der Waals surface area (Å²) in [4.78, 5) is 17.6. The van der Waals surface area contributed by atoms with Gasteiger partial charge in [-0.05, 0) is 48.3 Å². The molecule has 1 aliphatic carbocycles. The number of carbonyl (C=O) groups excluding carboxylic acids is 1. The van der Waals surface area contributed by atoms with Crippen LogP contribution in [0, 0.1) is 11.8 Å². The topological polar surface area (TPSA) is 90.3 Å². The zero-order chi connectivity index (χ0) is 24.6. The van der Waals surface area contributed by atoms with Crippen LogP contribution in [0.25, 0.3) is 11.1 Å². The Bertz CT molecular complexity index is 1300. The Morgan fingerprint density at radius 1 is 1.23 bits per heavy atom. The van der Waals surface area contributed by atoms with Gasteiger partial charge < -0.3 is 9.30 Å². The molecule has 1 aromatic carbocycles. The molecule has 5 rings (SSSR count). The van der Waals surface area contributed by atoms with Crippen LogP contribution in [0.15, 0.2) is 46.9 Å². The molecular weight excluding hydrogens is 482 g/mol. The summed E-state index contributed by atoms with van der Waals surface area (Å²) in [5, 5.41) is 0. The van der Waals surface area contributed by atoms with E-state index in [1.165, 1.54) is 16.9 Å². The molecule has 1 amide bonds. The average Bonchev–Trinajstić information content (AvgIpc) is 3.18. The van der Waals surface area contributed by atoms with Gasteiger partial charge in [0.1, 0.15) is 10.0 Å². The number of nitrogens with one attached hydrogen (secondary N) is 1. The summed E-state index contributed by atoms with van der Waals surface area (Å²) in [7, 11) is -4.06. The predicted molar refractivity (Wildman–Crippen MR) is 136 cm³/mol. The normalized spacial score (nSPS) is 17.5. The Morgan fingerprint density at radius 2 is 2.00 bits per heavy atom. The van der Waals surface area contributed by atoms with E-state index in [0.29, 0.717) is 17.4 Å². The third kappa shape index (κ3) is 5.46. The van der Waals surface area contributed by atoms with Gasteiger partial charge >= 0.3 is 6.09 Å². The van der Waals surface area contributed by atoms with Crippen molar-refractivity contribution in [2.45, 2.75) is 62.6 Å². The fourth-order valence-electron chi connectivity index (χ4n) is 4.68. The van der Waals surface area contributed by atoms with E-state index in [4.69, 9.17) is 4.74 Å². The molecule has 1 saturated carbocycles. The Balaban J connectivity index is 1.39. The van der Waals surface area contributed by atoms with Crippen LogP contribution in [0.2, 0.25) is 0 Å². The van der Waals surface area contributed by atoms with Crippen LogP contribution < -0.4 is 4.72 Å². The predicted octanol–water partition coefficient (Wildman–Crippen LogP) is 5.56. The molecular formula is C26H31N3O4S2. The molecule has 0 spiro atoms. The van der Waals surface area contributed by atoms with Gasteiger partial charge in [0.15, 0.2) is 0 Å². The van der Waals surface area contributed by atoms with Crippen LogP contribution in [-0.4, -0.2) is 30.7 Å². The number of hydrogen-bond acceptors (Lipinski definition) is 6. The average molecular weight is 514 g/mol. The summed E-state index contributed by atoms with van der Waals surface area (Å²) in [5.41, 5.74) is 2.60. The molecule has 0 unspecified atom stereocenters. The highest BCUT2D eigenvalue weighted by molar-refractivity contribution is 7.92. The lowest BCUT2D eigenvalue weighted by molar-refractivity contribution is 0.149. The first kappa shape index (κ1) is 24.1. The van der Waals surface area contributed by atoms with Gasteiger partial charge in [0.25, 0.3) is 10.0 Å². The number of imidazole rings is 1. The van der Waals surface area contributed by atoms with Crippen molar-refractivity contribution < 1.29 is 17.9 Å². The van der Waals surface area contributed by atoms with Crippen molar-refractivity contribution in [1.82, 2.24) is 14.3 Å². The molecule has 1 atom stereocenters. The Morgan fingerprint density at radius 3 is 2.71 bits per heavy atom. The van der Waals surface area contributed by atoms with Gasteiger partial charge in [-0.3, -0.25) is 0 Å². The molecule has 2 aromatic heterocycles. The monoisotopic (exact) mass is 513 g/mol. The van der Waals surface area contributed by atoms with Gasteiger partial charge in [-0.25, -0.2) is 22.9 Å². The molecule has 186 valence electrons. The van der Waals surface area contributed by atoms with E-state index < -0.39 is 16.1 Å². The molecule has 7 nitrogen and oxygen atoms in total. The minimum Gasteiger partial charge on any atom is -0.449 e. The van der Waals surface area contributed by atoms with Gasteiger partial charge in [-0.2, -0.15) is 0 Å². The lowest BCUT2D eigenvalue weighted by atomic mass is 10.0. The summed E-state index contributed by atoms with van der Waals surface area (Å²) in [6.07, 6.45) is 8.75. The van der Waals surface area contributed by atoms with Crippen LogP contribution in [-0.2, 0) is 27.6 Å². The first-order valence-electron chi connectivity index (χ1n) is 12.2. The first-order valence-corrected chi connectivity index (χ1v) is 14.5. The number of carbonyl (C=O) groups is 1. The number of rotatable bonds is 9.